The molecule has 122 valence electrons. The van der Waals surface area contributed by atoms with Gasteiger partial charge in [0.25, 0.3) is 0 Å². The van der Waals surface area contributed by atoms with E-state index in [-0.39, 0.29) is 5.91 Å². The minimum atomic E-state index is 0.104. The van der Waals surface area contributed by atoms with Gasteiger partial charge in [0.1, 0.15) is 5.75 Å². The van der Waals surface area contributed by atoms with Crippen LogP contribution < -0.4 is 10.1 Å². The van der Waals surface area contributed by atoms with Gasteiger partial charge in [-0.15, -0.1) is 0 Å². The molecule has 0 saturated heterocycles. The Balaban J connectivity index is 1.62. The van der Waals surface area contributed by atoms with E-state index in [2.05, 4.69) is 5.32 Å². The van der Waals surface area contributed by atoms with Crippen molar-refractivity contribution in [2.24, 2.45) is 0 Å². The fourth-order valence-corrected chi connectivity index (χ4v) is 2.46. The summed E-state index contributed by atoms with van der Waals surface area (Å²) in [5.41, 5.74) is 2.40. The number of nitrogens with one attached hydrogen (secondary N) is 1. The van der Waals surface area contributed by atoms with E-state index in [4.69, 9.17) is 16.3 Å². The van der Waals surface area contributed by atoms with Crippen LogP contribution in [0.25, 0.3) is 0 Å². The Kier molecular flexibility index (Phi) is 6.95. The summed E-state index contributed by atoms with van der Waals surface area (Å²) in [6.45, 7) is 0.659. The summed E-state index contributed by atoms with van der Waals surface area (Å²) in [6.07, 6.45) is 3.11. The van der Waals surface area contributed by atoms with E-state index in [9.17, 15) is 4.79 Å². The average molecular weight is 332 g/mol. The van der Waals surface area contributed by atoms with Crippen LogP contribution in [0.5, 0.6) is 5.75 Å². The van der Waals surface area contributed by atoms with Crippen molar-refractivity contribution in [3.8, 4) is 5.75 Å². The largest absolute Gasteiger partial charge is 0.497 e. The normalized spacial score (nSPS) is 10.3. The first-order valence-electron chi connectivity index (χ1n) is 7.81. The van der Waals surface area contributed by atoms with E-state index >= 15 is 0 Å². The third kappa shape index (κ3) is 6.33. The van der Waals surface area contributed by atoms with E-state index < -0.39 is 0 Å². The lowest BCUT2D eigenvalue weighted by Gasteiger charge is -2.06. The maximum atomic E-state index is 11.8. The Hall–Kier alpha value is -2.00. The number of rotatable bonds is 8. The zero-order chi connectivity index (χ0) is 16.5. The molecule has 0 atom stereocenters. The predicted octanol–water partition coefficient (Wildman–Crippen LogP) is 4.03. The quantitative estimate of drug-likeness (QED) is 0.793. The van der Waals surface area contributed by atoms with Gasteiger partial charge in [0.15, 0.2) is 0 Å². The Morgan fingerprint density at radius 3 is 2.26 bits per heavy atom. The Labute approximate surface area is 142 Å². The molecule has 0 saturated carbocycles. The van der Waals surface area contributed by atoms with Crippen molar-refractivity contribution in [1.29, 1.82) is 0 Å². The molecule has 0 aromatic heterocycles. The second kappa shape index (κ2) is 9.21. The predicted molar refractivity (Wildman–Crippen MR) is 94.1 cm³/mol. The lowest BCUT2D eigenvalue weighted by Crippen LogP contribution is -2.25. The average Bonchev–Trinajstić information content (AvgIpc) is 2.57. The number of carbonyl (C=O) groups is 1. The number of aryl methyl sites for hydroxylation is 1. The van der Waals surface area contributed by atoms with Crippen LogP contribution in [0.1, 0.15) is 24.0 Å². The molecule has 4 heteroatoms. The van der Waals surface area contributed by atoms with Gasteiger partial charge in [-0.2, -0.15) is 0 Å². The van der Waals surface area contributed by atoms with Crippen molar-refractivity contribution < 1.29 is 9.53 Å². The highest BCUT2D eigenvalue weighted by atomic mass is 35.5. The molecule has 0 aliphatic rings. The Morgan fingerprint density at radius 2 is 1.61 bits per heavy atom. The van der Waals surface area contributed by atoms with Crippen LogP contribution in [0.3, 0.4) is 0 Å². The first-order valence-corrected chi connectivity index (χ1v) is 8.19. The molecule has 0 spiro atoms. The molecule has 0 aliphatic heterocycles. The molecule has 3 nitrogen and oxygen atoms in total. The second-order valence-corrected chi connectivity index (χ2v) is 5.86. The zero-order valence-corrected chi connectivity index (χ0v) is 14.1. The molecule has 2 aromatic rings. The van der Waals surface area contributed by atoms with Crippen molar-refractivity contribution >= 4 is 17.5 Å². The number of carbonyl (C=O) groups excluding carboxylic acids is 1. The zero-order valence-electron chi connectivity index (χ0n) is 13.3. The van der Waals surface area contributed by atoms with E-state index in [0.29, 0.717) is 13.0 Å². The number of benzene rings is 2. The Bertz CT molecular complexity index is 608. The number of amides is 1. The molecule has 2 rings (SSSR count). The van der Waals surface area contributed by atoms with Crippen LogP contribution in [0.15, 0.2) is 48.5 Å². The molecule has 0 heterocycles. The molecule has 1 N–H and O–H groups in total. The van der Waals surface area contributed by atoms with E-state index in [1.54, 1.807) is 7.11 Å². The smallest absolute Gasteiger partial charge is 0.220 e. The van der Waals surface area contributed by atoms with Crippen molar-refractivity contribution in [3.63, 3.8) is 0 Å². The summed E-state index contributed by atoms with van der Waals surface area (Å²) in [5.74, 6) is 0.951. The van der Waals surface area contributed by atoms with Gasteiger partial charge in [-0.1, -0.05) is 35.9 Å². The number of halogens is 1. The van der Waals surface area contributed by atoms with Gasteiger partial charge < -0.3 is 10.1 Å². The number of ether oxygens (including phenoxy) is 1. The molecular formula is C19H22ClNO2. The fraction of sp³-hybridized carbons (Fsp3) is 0.316. The summed E-state index contributed by atoms with van der Waals surface area (Å²) in [5, 5.41) is 3.70. The first kappa shape index (κ1) is 17.4. The van der Waals surface area contributed by atoms with Gasteiger partial charge in [-0.25, -0.2) is 0 Å². The third-order valence-electron chi connectivity index (χ3n) is 3.68. The van der Waals surface area contributed by atoms with Crippen LogP contribution in [-0.4, -0.2) is 19.6 Å². The number of methoxy groups -OCH3 is 1. The van der Waals surface area contributed by atoms with E-state index in [1.165, 1.54) is 11.1 Å². The van der Waals surface area contributed by atoms with Crippen molar-refractivity contribution in [3.05, 3.63) is 64.7 Å². The molecule has 0 radical (unpaired) electrons. The maximum Gasteiger partial charge on any atom is 0.220 e. The van der Waals surface area contributed by atoms with Gasteiger partial charge in [0.05, 0.1) is 7.11 Å². The lowest BCUT2D eigenvalue weighted by atomic mass is 10.1. The minimum Gasteiger partial charge on any atom is -0.497 e. The van der Waals surface area contributed by atoms with Gasteiger partial charge in [0, 0.05) is 18.0 Å². The van der Waals surface area contributed by atoms with Crippen LogP contribution in [0, 0.1) is 0 Å². The highest BCUT2D eigenvalue weighted by Crippen LogP contribution is 2.12. The first-order chi connectivity index (χ1) is 11.2. The Morgan fingerprint density at radius 1 is 1.00 bits per heavy atom. The van der Waals surface area contributed by atoms with Gasteiger partial charge in [0.2, 0.25) is 5.91 Å². The van der Waals surface area contributed by atoms with Crippen molar-refractivity contribution in [2.45, 2.75) is 25.7 Å². The summed E-state index contributed by atoms with van der Waals surface area (Å²) < 4.78 is 5.12. The molecule has 0 aliphatic carbocycles. The van der Waals surface area contributed by atoms with Crippen LogP contribution in [-0.2, 0) is 17.6 Å². The van der Waals surface area contributed by atoms with Crippen LogP contribution >= 0.6 is 11.6 Å². The summed E-state index contributed by atoms with van der Waals surface area (Å²) in [7, 11) is 1.65. The van der Waals surface area contributed by atoms with Crippen LogP contribution in [0.2, 0.25) is 5.02 Å². The molecule has 0 fully saturated rings. The van der Waals surface area contributed by atoms with Gasteiger partial charge in [-0.3, -0.25) is 4.79 Å². The third-order valence-corrected chi connectivity index (χ3v) is 3.93. The maximum absolute atomic E-state index is 11.8. The molecule has 2 aromatic carbocycles. The van der Waals surface area contributed by atoms with Crippen molar-refractivity contribution in [2.75, 3.05) is 13.7 Å². The highest BCUT2D eigenvalue weighted by molar-refractivity contribution is 6.30. The SMILES string of the molecule is COc1ccc(CCNC(=O)CCCc2ccc(Cl)cc2)cc1. The lowest BCUT2D eigenvalue weighted by molar-refractivity contribution is -0.121. The van der Waals surface area contributed by atoms with E-state index in [0.717, 1.165) is 30.0 Å². The second-order valence-electron chi connectivity index (χ2n) is 5.43. The number of hydrogen-bond acceptors (Lipinski definition) is 2. The van der Waals surface area contributed by atoms with Crippen molar-refractivity contribution in [1.82, 2.24) is 5.32 Å². The van der Waals surface area contributed by atoms with Gasteiger partial charge >= 0.3 is 0 Å². The molecule has 1 amide bonds. The summed E-state index contributed by atoms with van der Waals surface area (Å²) in [4.78, 5) is 11.8. The highest BCUT2D eigenvalue weighted by Gasteiger charge is 2.02. The monoisotopic (exact) mass is 331 g/mol. The summed E-state index contributed by atoms with van der Waals surface area (Å²) in [6, 6.07) is 15.7. The van der Waals surface area contributed by atoms with Gasteiger partial charge in [-0.05, 0) is 54.7 Å². The fourth-order valence-electron chi connectivity index (χ4n) is 2.33. The number of hydrogen-bond donors (Lipinski definition) is 1. The van der Waals surface area contributed by atoms with E-state index in [1.807, 2.05) is 48.5 Å². The molecular weight excluding hydrogens is 310 g/mol. The summed E-state index contributed by atoms with van der Waals surface area (Å²) >= 11 is 5.85. The topological polar surface area (TPSA) is 38.3 Å². The minimum absolute atomic E-state index is 0.104. The molecule has 23 heavy (non-hydrogen) atoms. The van der Waals surface area contributed by atoms with Crippen LogP contribution in [0.4, 0.5) is 0 Å². The molecule has 0 bridgehead atoms. The molecule has 0 unspecified atom stereocenters. The standard InChI is InChI=1S/C19H22ClNO2/c1-23-18-11-7-16(8-12-18)13-14-21-19(22)4-2-3-15-5-9-17(20)10-6-15/h5-12H,2-4,13-14H2,1H3,(H,21,22).